The number of anilines is 1. The van der Waals surface area contributed by atoms with Crippen molar-refractivity contribution in [1.29, 1.82) is 0 Å². The first-order valence-corrected chi connectivity index (χ1v) is 9.08. The molecule has 0 saturated heterocycles. The summed E-state index contributed by atoms with van der Waals surface area (Å²) in [6.45, 7) is -0.0951. The van der Waals surface area contributed by atoms with Gasteiger partial charge < -0.3 is 4.90 Å². The van der Waals surface area contributed by atoms with Crippen molar-refractivity contribution < 1.29 is 9.59 Å². The summed E-state index contributed by atoms with van der Waals surface area (Å²) in [5.74, 6) is -0.187. The van der Waals surface area contributed by atoms with Crippen LogP contribution in [-0.2, 0) is 9.59 Å². The van der Waals surface area contributed by atoms with Crippen LogP contribution in [0.25, 0.3) is 0 Å². The summed E-state index contributed by atoms with van der Waals surface area (Å²) >= 11 is 13.3. The predicted octanol–water partition coefficient (Wildman–Crippen LogP) is 3.58. The van der Waals surface area contributed by atoms with Crippen LogP contribution in [0.4, 0.5) is 5.69 Å². The van der Waals surface area contributed by atoms with Gasteiger partial charge in [0, 0.05) is 15.5 Å². The normalized spacial score (nSPS) is 13.8. The topological polar surface area (TPSA) is 61.8 Å². The molecule has 128 valence electrons. The van der Waals surface area contributed by atoms with E-state index in [9.17, 15) is 9.59 Å². The molecule has 2 aromatic rings. The molecule has 0 aromatic heterocycles. The van der Waals surface area contributed by atoms with Crippen LogP contribution in [0.5, 0.6) is 0 Å². The largest absolute Gasteiger partial charge is 0.301 e. The second-order valence-electron chi connectivity index (χ2n) is 5.20. The molecule has 3 rings (SSSR count). The van der Waals surface area contributed by atoms with E-state index < -0.39 is 5.91 Å². The zero-order valence-electron chi connectivity index (χ0n) is 12.9. The molecular weight excluding hydrogens is 381 g/mol. The van der Waals surface area contributed by atoms with Gasteiger partial charge in [0.05, 0.1) is 22.7 Å². The van der Waals surface area contributed by atoms with E-state index in [1.807, 2.05) is 24.3 Å². The third kappa shape index (κ3) is 4.34. The van der Waals surface area contributed by atoms with Crippen LogP contribution in [0.15, 0.2) is 52.5 Å². The lowest BCUT2D eigenvalue weighted by Crippen LogP contribution is -2.42. The van der Waals surface area contributed by atoms with Crippen LogP contribution in [0.3, 0.4) is 0 Å². The summed E-state index contributed by atoms with van der Waals surface area (Å²) < 4.78 is 0. The van der Waals surface area contributed by atoms with Gasteiger partial charge in [-0.2, -0.15) is 5.10 Å². The third-order valence-electron chi connectivity index (χ3n) is 3.47. The number of rotatable bonds is 4. The van der Waals surface area contributed by atoms with Gasteiger partial charge in [0.15, 0.2) is 0 Å². The number of para-hydroxylation sites is 1. The van der Waals surface area contributed by atoms with E-state index in [-0.39, 0.29) is 12.5 Å². The lowest BCUT2D eigenvalue weighted by molar-refractivity contribution is -0.122. The number of nitrogens with zero attached hydrogens (tertiary/aromatic N) is 2. The Morgan fingerprint density at radius 3 is 2.88 bits per heavy atom. The quantitative estimate of drug-likeness (QED) is 0.637. The number of hydrogen-bond donors (Lipinski definition) is 1. The van der Waals surface area contributed by atoms with Crippen molar-refractivity contribution >= 4 is 58.7 Å². The average Bonchev–Trinajstić information content (AvgIpc) is 2.59. The Kier molecular flexibility index (Phi) is 5.63. The number of carbonyl (C=O) groups is 2. The maximum Gasteiger partial charge on any atom is 0.260 e. The number of nitrogens with one attached hydrogen (secondary N) is 1. The van der Waals surface area contributed by atoms with Crippen molar-refractivity contribution in [2.75, 3.05) is 17.2 Å². The Bertz CT molecular complexity index is 858. The van der Waals surface area contributed by atoms with Gasteiger partial charge in [-0.3, -0.25) is 9.59 Å². The van der Waals surface area contributed by atoms with Crippen LogP contribution in [0, 0.1) is 0 Å². The fourth-order valence-electron chi connectivity index (χ4n) is 2.29. The first kappa shape index (κ1) is 17.8. The molecule has 25 heavy (non-hydrogen) atoms. The second-order valence-corrected chi connectivity index (χ2v) is 7.06. The van der Waals surface area contributed by atoms with Crippen LogP contribution >= 0.6 is 35.0 Å². The van der Waals surface area contributed by atoms with Gasteiger partial charge in [-0.15, -0.1) is 11.8 Å². The highest BCUT2D eigenvalue weighted by atomic mass is 35.5. The Morgan fingerprint density at radius 2 is 2.08 bits per heavy atom. The first-order valence-electron chi connectivity index (χ1n) is 7.34. The summed E-state index contributed by atoms with van der Waals surface area (Å²) in [5, 5.41) is 4.84. The maximum absolute atomic E-state index is 12.1. The van der Waals surface area contributed by atoms with Gasteiger partial charge in [-0.25, -0.2) is 5.43 Å². The molecular formula is C17H13Cl2N3O2S. The fraction of sp³-hybridized carbons (Fsp3) is 0.118. The van der Waals surface area contributed by atoms with Gasteiger partial charge in [-0.05, 0) is 24.3 Å². The molecule has 2 aromatic carbocycles. The Morgan fingerprint density at radius 1 is 1.28 bits per heavy atom. The van der Waals surface area contributed by atoms with Crippen molar-refractivity contribution in [2.24, 2.45) is 5.10 Å². The number of fused-ring (bicyclic) bond motifs is 1. The lowest BCUT2D eigenvalue weighted by Gasteiger charge is -2.27. The summed E-state index contributed by atoms with van der Waals surface area (Å²) in [6.07, 6.45) is 1.43. The predicted molar refractivity (Wildman–Crippen MR) is 102 cm³/mol. The van der Waals surface area contributed by atoms with E-state index >= 15 is 0 Å². The second kappa shape index (κ2) is 7.91. The zero-order chi connectivity index (χ0) is 17.8. The van der Waals surface area contributed by atoms with Crippen molar-refractivity contribution in [1.82, 2.24) is 5.43 Å². The molecule has 0 bridgehead atoms. The molecule has 0 radical (unpaired) electrons. The molecule has 0 atom stereocenters. The van der Waals surface area contributed by atoms with Crippen LogP contribution in [-0.4, -0.2) is 30.3 Å². The minimum absolute atomic E-state index is 0.0951. The summed E-state index contributed by atoms with van der Waals surface area (Å²) in [6, 6.07) is 12.5. The molecule has 5 nitrogen and oxygen atoms in total. The van der Waals surface area contributed by atoms with Crippen molar-refractivity contribution in [3.8, 4) is 0 Å². The SMILES string of the molecule is O=C(CN1C(=O)CSc2ccccc21)N/N=C/c1ccc(Cl)cc1Cl. The average molecular weight is 394 g/mol. The zero-order valence-corrected chi connectivity index (χ0v) is 15.2. The van der Waals surface area contributed by atoms with E-state index in [1.165, 1.54) is 22.9 Å². The molecule has 1 aliphatic rings. The van der Waals surface area contributed by atoms with Gasteiger partial charge in [0.1, 0.15) is 6.54 Å². The lowest BCUT2D eigenvalue weighted by atomic mass is 10.2. The minimum atomic E-state index is -0.392. The fourth-order valence-corrected chi connectivity index (χ4v) is 3.68. The van der Waals surface area contributed by atoms with Crippen LogP contribution in [0.2, 0.25) is 10.0 Å². The highest BCUT2D eigenvalue weighted by molar-refractivity contribution is 8.00. The Hall–Kier alpha value is -2.02. The molecule has 0 saturated carbocycles. The standard InChI is InChI=1S/C17H13Cl2N3O2S/c18-12-6-5-11(13(19)7-12)8-20-21-16(23)9-22-14-3-1-2-4-15(14)25-10-17(22)24/h1-8H,9-10H2,(H,21,23)/b20-8+. The summed E-state index contributed by atoms with van der Waals surface area (Å²) in [5.41, 5.74) is 3.78. The van der Waals surface area contributed by atoms with Gasteiger partial charge in [0.25, 0.3) is 5.91 Å². The number of carbonyl (C=O) groups excluding carboxylic acids is 2. The molecule has 1 heterocycles. The van der Waals surface area contributed by atoms with E-state index in [1.54, 1.807) is 18.2 Å². The Balaban J connectivity index is 1.65. The number of hydrazone groups is 1. The summed E-state index contributed by atoms with van der Waals surface area (Å²) in [7, 11) is 0. The smallest absolute Gasteiger partial charge is 0.260 e. The molecule has 2 amide bonds. The summed E-state index contributed by atoms with van der Waals surface area (Å²) in [4.78, 5) is 26.7. The van der Waals surface area contributed by atoms with E-state index in [0.717, 1.165) is 10.6 Å². The molecule has 1 aliphatic heterocycles. The van der Waals surface area contributed by atoms with Gasteiger partial charge >= 0.3 is 0 Å². The number of thioether (sulfide) groups is 1. The first-order chi connectivity index (χ1) is 12.0. The highest BCUT2D eigenvalue weighted by Gasteiger charge is 2.25. The van der Waals surface area contributed by atoms with Crippen LogP contribution in [0.1, 0.15) is 5.56 Å². The third-order valence-corrected chi connectivity index (χ3v) is 5.08. The highest BCUT2D eigenvalue weighted by Crippen LogP contribution is 2.34. The Labute approximate surface area is 159 Å². The monoisotopic (exact) mass is 393 g/mol. The van der Waals surface area contributed by atoms with Gasteiger partial charge in [0.2, 0.25) is 5.91 Å². The number of halogens is 2. The number of benzene rings is 2. The van der Waals surface area contributed by atoms with Crippen LogP contribution < -0.4 is 10.3 Å². The van der Waals surface area contributed by atoms with Crippen molar-refractivity contribution in [3.05, 3.63) is 58.1 Å². The molecule has 1 N–H and O–H groups in total. The number of amides is 2. The van der Waals surface area contributed by atoms with Gasteiger partial charge in [-0.1, -0.05) is 41.4 Å². The molecule has 0 unspecified atom stereocenters. The molecule has 0 fully saturated rings. The van der Waals surface area contributed by atoms with E-state index in [4.69, 9.17) is 23.2 Å². The molecule has 8 heteroatoms. The maximum atomic E-state index is 12.1. The number of hydrogen-bond acceptors (Lipinski definition) is 4. The van der Waals surface area contributed by atoms with Crippen molar-refractivity contribution in [2.45, 2.75) is 4.90 Å². The minimum Gasteiger partial charge on any atom is -0.301 e. The molecule has 0 aliphatic carbocycles. The van der Waals surface area contributed by atoms with Crippen molar-refractivity contribution in [3.63, 3.8) is 0 Å². The molecule has 0 spiro atoms. The van der Waals surface area contributed by atoms with E-state index in [2.05, 4.69) is 10.5 Å². The van der Waals surface area contributed by atoms with E-state index in [0.29, 0.717) is 21.4 Å².